The standard InChI is InChI=1S/C16H23N3O3S.ClH/c1-11-4-7-14(23(21,22)19-12-5-6-12)9-15(11)16(20)18-10-13-3-2-8-17-13;/h4,7,9,12-13,17,19H,2-3,5-6,8,10H2,1H3,(H,18,20);1H. The minimum absolute atomic E-state index is 0. The van der Waals surface area contributed by atoms with E-state index in [0.717, 1.165) is 37.8 Å². The molecule has 1 aromatic rings. The van der Waals surface area contributed by atoms with Gasteiger partial charge in [0, 0.05) is 24.2 Å². The molecule has 1 aliphatic carbocycles. The molecule has 1 saturated carbocycles. The van der Waals surface area contributed by atoms with Gasteiger partial charge >= 0.3 is 0 Å². The number of benzene rings is 1. The van der Waals surface area contributed by atoms with E-state index in [4.69, 9.17) is 0 Å². The number of aryl methyl sites for hydroxylation is 1. The van der Waals surface area contributed by atoms with Crippen molar-refractivity contribution in [3.05, 3.63) is 29.3 Å². The van der Waals surface area contributed by atoms with Gasteiger partial charge in [0.2, 0.25) is 10.0 Å². The summed E-state index contributed by atoms with van der Waals surface area (Å²) in [4.78, 5) is 12.5. The van der Waals surface area contributed by atoms with E-state index in [1.54, 1.807) is 12.1 Å². The van der Waals surface area contributed by atoms with Gasteiger partial charge in [0.15, 0.2) is 0 Å². The molecule has 2 aliphatic rings. The number of rotatable bonds is 6. The fourth-order valence-corrected chi connectivity index (χ4v) is 4.07. The Morgan fingerprint density at radius 1 is 1.29 bits per heavy atom. The molecule has 2 fully saturated rings. The summed E-state index contributed by atoms with van der Waals surface area (Å²) >= 11 is 0. The lowest BCUT2D eigenvalue weighted by atomic mass is 10.1. The van der Waals surface area contributed by atoms with Gasteiger partial charge in [-0.1, -0.05) is 6.07 Å². The number of amides is 1. The Labute approximate surface area is 149 Å². The van der Waals surface area contributed by atoms with Crippen molar-refractivity contribution in [2.24, 2.45) is 0 Å². The molecule has 0 spiro atoms. The number of nitrogens with one attached hydrogen (secondary N) is 3. The Hall–Kier alpha value is -1.15. The third-order valence-corrected chi connectivity index (χ3v) is 5.85. The lowest BCUT2D eigenvalue weighted by Gasteiger charge is -2.13. The normalized spacial score (nSPS) is 20.5. The van der Waals surface area contributed by atoms with Crippen LogP contribution >= 0.6 is 12.4 Å². The van der Waals surface area contributed by atoms with Crippen molar-refractivity contribution in [1.29, 1.82) is 0 Å². The van der Waals surface area contributed by atoms with E-state index in [2.05, 4.69) is 15.4 Å². The number of sulfonamides is 1. The molecule has 1 aromatic carbocycles. The Morgan fingerprint density at radius 3 is 2.67 bits per heavy atom. The summed E-state index contributed by atoms with van der Waals surface area (Å²) in [5.41, 5.74) is 1.19. The van der Waals surface area contributed by atoms with E-state index in [0.29, 0.717) is 18.2 Å². The van der Waals surface area contributed by atoms with Gasteiger partial charge in [-0.3, -0.25) is 4.79 Å². The maximum atomic E-state index is 12.4. The predicted octanol–water partition coefficient (Wildman–Crippen LogP) is 1.34. The summed E-state index contributed by atoms with van der Waals surface area (Å²) < 4.78 is 27.2. The average molecular weight is 374 g/mol. The van der Waals surface area contributed by atoms with Crippen LogP contribution in [0.5, 0.6) is 0 Å². The second-order valence-corrected chi connectivity index (χ2v) is 8.09. The van der Waals surface area contributed by atoms with Crippen molar-refractivity contribution in [3.63, 3.8) is 0 Å². The van der Waals surface area contributed by atoms with Gasteiger partial charge in [-0.05, 0) is 56.8 Å². The van der Waals surface area contributed by atoms with E-state index in [1.807, 2.05) is 6.92 Å². The van der Waals surface area contributed by atoms with Crippen LogP contribution in [0.4, 0.5) is 0 Å². The molecule has 8 heteroatoms. The molecule has 1 atom stereocenters. The molecule has 134 valence electrons. The third-order valence-electron chi connectivity index (χ3n) is 4.33. The highest BCUT2D eigenvalue weighted by atomic mass is 35.5. The van der Waals surface area contributed by atoms with Crippen LogP contribution in [0.3, 0.4) is 0 Å². The molecule has 3 rings (SSSR count). The summed E-state index contributed by atoms with van der Waals surface area (Å²) in [6.07, 6.45) is 3.94. The monoisotopic (exact) mass is 373 g/mol. The fraction of sp³-hybridized carbons (Fsp3) is 0.562. The molecule has 1 aliphatic heterocycles. The number of hydrogen-bond donors (Lipinski definition) is 3. The Morgan fingerprint density at radius 2 is 2.04 bits per heavy atom. The first-order chi connectivity index (χ1) is 11.0. The second kappa shape index (κ2) is 7.82. The molecule has 1 heterocycles. The lowest BCUT2D eigenvalue weighted by molar-refractivity contribution is 0.0949. The van der Waals surface area contributed by atoms with E-state index < -0.39 is 10.0 Å². The second-order valence-electron chi connectivity index (χ2n) is 6.38. The maximum absolute atomic E-state index is 12.4. The van der Waals surface area contributed by atoms with Crippen molar-refractivity contribution in [1.82, 2.24) is 15.4 Å². The van der Waals surface area contributed by atoms with Crippen molar-refractivity contribution < 1.29 is 13.2 Å². The summed E-state index contributed by atoms with van der Waals surface area (Å²) in [6.45, 7) is 3.36. The minimum atomic E-state index is -3.54. The van der Waals surface area contributed by atoms with Gasteiger partial charge in [0.1, 0.15) is 0 Å². The van der Waals surface area contributed by atoms with Gasteiger partial charge in [0.05, 0.1) is 4.90 Å². The minimum Gasteiger partial charge on any atom is -0.350 e. The molecule has 6 nitrogen and oxygen atoms in total. The summed E-state index contributed by atoms with van der Waals surface area (Å²) in [5.74, 6) is -0.223. The van der Waals surface area contributed by atoms with E-state index in [-0.39, 0.29) is 29.3 Å². The number of hydrogen-bond acceptors (Lipinski definition) is 4. The highest BCUT2D eigenvalue weighted by molar-refractivity contribution is 7.89. The molecule has 1 amide bonds. The van der Waals surface area contributed by atoms with Gasteiger partial charge in [0.25, 0.3) is 5.91 Å². The molecule has 0 bridgehead atoms. The largest absolute Gasteiger partial charge is 0.350 e. The highest BCUT2D eigenvalue weighted by Crippen LogP contribution is 2.23. The topological polar surface area (TPSA) is 87.3 Å². The summed E-state index contributed by atoms with van der Waals surface area (Å²) in [5, 5.41) is 6.22. The first-order valence-corrected chi connectivity index (χ1v) is 9.58. The van der Waals surface area contributed by atoms with Gasteiger partial charge in [-0.25, -0.2) is 13.1 Å². The predicted molar refractivity (Wildman–Crippen MR) is 95.1 cm³/mol. The van der Waals surface area contributed by atoms with E-state index in [1.165, 1.54) is 6.07 Å². The molecule has 1 saturated heterocycles. The van der Waals surface area contributed by atoms with Gasteiger partial charge in [-0.2, -0.15) is 0 Å². The molecule has 0 aromatic heterocycles. The van der Waals surface area contributed by atoms with Crippen molar-refractivity contribution in [2.75, 3.05) is 13.1 Å². The number of carbonyl (C=O) groups is 1. The molecular formula is C16H24ClN3O3S. The van der Waals surface area contributed by atoms with Gasteiger partial charge < -0.3 is 10.6 Å². The quantitative estimate of drug-likeness (QED) is 0.702. The van der Waals surface area contributed by atoms with Crippen molar-refractivity contribution in [2.45, 2.75) is 49.6 Å². The zero-order valence-electron chi connectivity index (χ0n) is 13.7. The summed E-state index contributed by atoms with van der Waals surface area (Å²) in [6, 6.07) is 5.06. The molecule has 1 unspecified atom stereocenters. The lowest BCUT2D eigenvalue weighted by Crippen LogP contribution is -2.37. The molecule has 3 N–H and O–H groups in total. The maximum Gasteiger partial charge on any atom is 0.251 e. The van der Waals surface area contributed by atoms with Crippen molar-refractivity contribution >= 4 is 28.3 Å². The molecule has 24 heavy (non-hydrogen) atoms. The highest BCUT2D eigenvalue weighted by Gasteiger charge is 2.28. The number of halogens is 1. The molecule has 0 radical (unpaired) electrons. The zero-order chi connectivity index (χ0) is 16.4. The molecular weight excluding hydrogens is 350 g/mol. The Balaban J connectivity index is 0.00000208. The van der Waals surface area contributed by atoms with Gasteiger partial charge in [-0.15, -0.1) is 12.4 Å². The van der Waals surface area contributed by atoms with Crippen LogP contribution in [-0.4, -0.2) is 39.5 Å². The zero-order valence-corrected chi connectivity index (χ0v) is 15.3. The first-order valence-electron chi connectivity index (χ1n) is 8.10. The SMILES string of the molecule is Cc1ccc(S(=O)(=O)NC2CC2)cc1C(=O)NCC1CCCN1.Cl. The van der Waals surface area contributed by atoms with Crippen LogP contribution in [0.25, 0.3) is 0 Å². The Bertz CT molecular complexity index is 699. The van der Waals surface area contributed by atoms with Crippen LogP contribution < -0.4 is 15.4 Å². The van der Waals surface area contributed by atoms with Crippen LogP contribution in [0.15, 0.2) is 23.1 Å². The van der Waals surface area contributed by atoms with Crippen LogP contribution in [0.1, 0.15) is 41.6 Å². The van der Waals surface area contributed by atoms with E-state index >= 15 is 0 Å². The first kappa shape index (κ1) is 19.2. The fourth-order valence-electron chi connectivity index (χ4n) is 2.74. The smallest absolute Gasteiger partial charge is 0.251 e. The third kappa shape index (κ3) is 4.69. The van der Waals surface area contributed by atoms with Crippen molar-refractivity contribution in [3.8, 4) is 0 Å². The number of carbonyl (C=O) groups excluding carboxylic acids is 1. The van der Waals surface area contributed by atoms with E-state index in [9.17, 15) is 13.2 Å². The van der Waals surface area contributed by atoms with Crippen LogP contribution in [0.2, 0.25) is 0 Å². The Kier molecular flexibility index (Phi) is 6.25. The summed E-state index contributed by atoms with van der Waals surface area (Å²) in [7, 11) is -3.54. The van der Waals surface area contributed by atoms with Crippen LogP contribution in [-0.2, 0) is 10.0 Å². The average Bonchev–Trinajstić information content (AvgIpc) is 3.15. The van der Waals surface area contributed by atoms with Crippen LogP contribution in [0, 0.1) is 6.92 Å².